The van der Waals surface area contributed by atoms with Gasteiger partial charge in [-0.05, 0) is 37.0 Å². The van der Waals surface area contributed by atoms with E-state index in [1.54, 1.807) is 0 Å². The third kappa shape index (κ3) is 4.19. The summed E-state index contributed by atoms with van der Waals surface area (Å²) in [7, 11) is 0. The molecule has 1 aliphatic carbocycles. The van der Waals surface area contributed by atoms with Gasteiger partial charge in [0, 0.05) is 31.7 Å². The maximum absolute atomic E-state index is 3.82. The molecule has 112 valence electrons. The Hall–Kier alpha value is -0.0800. The lowest BCUT2D eigenvalue weighted by Crippen LogP contribution is -2.59. The molecule has 19 heavy (non-hydrogen) atoms. The molecule has 0 bridgehead atoms. The zero-order chi connectivity index (χ0) is 13.8. The van der Waals surface area contributed by atoms with Crippen molar-refractivity contribution in [1.29, 1.82) is 0 Å². The standard InChI is InChI=1S/C17H34N2/c1-5-14(4)17-12-19(11-15-7-6-8-15)16(10-18-17)9-13(2)3/h13-18H,5-12H2,1-4H3. The molecular weight excluding hydrogens is 232 g/mol. The number of piperazine rings is 1. The van der Waals surface area contributed by atoms with Gasteiger partial charge in [-0.15, -0.1) is 0 Å². The van der Waals surface area contributed by atoms with Crippen molar-refractivity contribution in [2.75, 3.05) is 19.6 Å². The molecule has 2 rings (SSSR count). The highest BCUT2D eigenvalue weighted by Gasteiger charge is 2.32. The Labute approximate surface area is 120 Å². The van der Waals surface area contributed by atoms with E-state index in [4.69, 9.17) is 0 Å². The summed E-state index contributed by atoms with van der Waals surface area (Å²) in [6.07, 6.45) is 7.08. The van der Waals surface area contributed by atoms with Gasteiger partial charge in [0.15, 0.2) is 0 Å². The molecule has 2 nitrogen and oxygen atoms in total. The van der Waals surface area contributed by atoms with Crippen LogP contribution in [0.2, 0.25) is 0 Å². The lowest BCUT2D eigenvalue weighted by atomic mass is 9.83. The topological polar surface area (TPSA) is 15.3 Å². The zero-order valence-electron chi connectivity index (χ0n) is 13.5. The molecule has 2 aliphatic rings. The number of rotatable bonds is 6. The van der Waals surface area contributed by atoms with Crippen LogP contribution in [0.25, 0.3) is 0 Å². The van der Waals surface area contributed by atoms with Gasteiger partial charge in [0.25, 0.3) is 0 Å². The van der Waals surface area contributed by atoms with Gasteiger partial charge in [-0.1, -0.05) is 40.5 Å². The third-order valence-corrected chi connectivity index (χ3v) is 5.36. The van der Waals surface area contributed by atoms with E-state index in [9.17, 15) is 0 Å². The molecule has 0 aromatic carbocycles. The fourth-order valence-electron chi connectivity index (χ4n) is 3.56. The van der Waals surface area contributed by atoms with E-state index in [0.29, 0.717) is 6.04 Å². The monoisotopic (exact) mass is 266 g/mol. The Morgan fingerprint density at radius 2 is 1.95 bits per heavy atom. The molecule has 1 N–H and O–H groups in total. The number of nitrogens with one attached hydrogen (secondary N) is 1. The zero-order valence-corrected chi connectivity index (χ0v) is 13.5. The van der Waals surface area contributed by atoms with Crippen LogP contribution in [0.15, 0.2) is 0 Å². The van der Waals surface area contributed by atoms with E-state index in [2.05, 4.69) is 37.9 Å². The van der Waals surface area contributed by atoms with Gasteiger partial charge in [-0.25, -0.2) is 0 Å². The molecule has 0 radical (unpaired) electrons. The second kappa shape index (κ2) is 7.08. The first-order valence-corrected chi connectivity index (χ1v) is 8.57. The quantitative estimate of drug-likeness (QED) is 0.791. The van der Waals surface area contributed by atoms with E-state index in [-0.39, 0.29) is 0 Å². The van der Waals surface area contributed by atoms with Crippen LogP contribution in [0.3, 0.4) is 0 Å². The summed E-state index contributed by atoms with van der Waals surface area (Å²) in [6, 6.07) is 1.49. The van der Waals surface area contributed by atoms with Crippen molar-refractivity contribution < 1.29 is 0 Å². The van der Waals surface area contributed by atoms with Crippen LogP contribution in [-0.2, 0) is 0 Å². The summed E-state index contributed by atoms with van der Waals surface area (Å²) in [5.74, 6) is 2.63. The van der Waals surface area contributed by atoms with E-state index >= 15 is 0 Å². The Morgan fingerprint density at radius 3 is 2.47 bits per heavy atom. The van der Waals surface area contributed by atoms with Gasteiger partial charge in [0.1, 0.15) is 0 Å². The Balaban J connectivity index is 1.91. The largest absolute Gasteiger partial charge is 0.311 e. The summed E-state index contributed by atoms with van der Waals surface area (Å²) in [6.45, 7) is 13.3. The Morgan fingerprint density at radius 1 is 1.21 bits per heavy atom. The van der Waals surface area contributed by atoms with Crippen molar-refractivity contribution in [3.63, 3.8) is 0 Å². The maximum Gasteiger partial charge on any atom is 0.0223 e. The van der Waals surface area contributed by atoms with Crippen LogP contribution in [0, 0.1) is 17.8 Å². The minimum absolute atomic E-state index is 0.716. The molecule has 2 heteroatoms. The molecule has 0 amide bonds. The van der Waals surface area contributed by atoms with Crippen molar-refractivity contribution >= 4 is 0 Å². The van der Waals surface area contributed by atoms with E-state index in [0.717, 1.165) is 23.8 Å². The van der Waals surface area contributed by atoms with Crippen molar-refractivity contribution in [1.82, 2.24) is 10.2 Å². The highest BCUT2D eigenvalue weighted by Crippen LogP contribution is 2.29. The Bertz CT molecular complexity index is 260. The van der Waals surface area contributed by atoms with Crippen LogP contribution in [0.1, 0.15) is 59.8 Å². The normalized spacial score (nSPS) is 31.4. The molecule has 0 spiro atoms. The molecule has 1 saturated heterocycles. The highest BCUT2D eigenvalue weighted by molar-refractivity contribution is 4.90. The second-order valence-electron chi connectivity index (χ2n) is 7.43. The molecule has 3 unspecified atom stereocenters. The first kappa shape index (κ1) is 15.3. The van der Waals surface area contributed by atoms with Crippen molar-refractivity contribution in [2.45, 2.75) is 71.9 Å². The third-order valence-electron chi connectivity index (χ3n) is 5.36. The fraction of sp³-hybridized carbons (Fsp3) is 1.00. The SMILES string of the molecule is CCC(C)C1CN(CC2CCC2)C(CC(C)C)CN1. The summed E-state index contributed by atoms with van der Waals surface area (Å²) < 4.78 is 0. The minimum Gasteiger partial charge on any atom is -0.311 e. The first-order valence-electron chi connectivity index (χ1n) is 8.57. The highest BCUT2D eigenvalue weighted by atomic mass is 15.2. The van der Waals surface area contributed by atoms with Crippen LogP contribution in [0.4, 0.5) is 0 Å². The predicted octanol–water partition coefficient (Wildman–Crippen LogP) is 3.52. The average Bonchev–Trinajstić information content (AvgIpc) is 2.33. The molecule has 0 aromatic heterocycles. The van der Waals surface area contributed by atoms with E-state index in [1.807, 2.05) is 0 Å². The van der Waals surface area contributed by atoms with Gasteiger partial charge >= 0.3 is 0 Å². The van der Waals surface area contributed by atoms with Crippen LogP contribution < -0.4 is 5.32 Å². The minimum atomic E-state index is 0.716. The van der Waals surface area contributed by atoms with Gasteiger partial charge in [0.05, 0.1) is 0 Å². The first-order chi connectivity index (χ1) is 9.10. The van der Waals surface area contributed by atoms with Crippen molar-refractivity contribution in [3.8, 4) is 0 Å². The van der Waals surface area contributed by atoms with E-state index in [1.165, 1.54) is 51.7 Å². The number of hydrogen-bond acceptors (Lipinski definition) is 2. The molecule has 1 heterocycles. The predicted molar refractivity (Wildman–Crippen MR) is 83.4 cm³/mol. The summed E-state index contributed by atoms with van der Waals surface area (Å²) in [4.78, 5) is 2.83. The summed E-state index contributed by atoms with van der Waals surface area (Å²) in [5, 5.41) is 3.82. The molecule has 2 fully saturated rings. The average molecular weight is 266 g/mol. The smallest absolute Gasteiger partial charge is 0.0223 e. The van der Waals surface area contributed by atoms with Gasteiger partial charge < -0.3 is 5.32 Å². The molecule has 0 aromatic rings. The van der Waals surface area contributed by atoms with Crippen LogP contribution in [-0.4, -0.2) is 36.6 Å². The lowest BCUT2D eigenvalue weighted by molar-refractivity contribution is 0.0647. The Kier molecular flexibility index (Phi) is 5.70. The van der Waals surface area contributed by atoms with Gasteiger partial charge in [-0.3, -0.25) is 4.90 Å². The van der Waals surface area contributed by atoms with Crippen molar-refractivity contribution in [2.24, 2.45) is 17.8 Å². The summed E-state index contributed by atoms with van der Waals surface area (Å²) >= 11 is 0. The number of hydrogen-bond donors (Lipinski definition) is 1. The molecule has 1 aliphatic heterocycles. The molecule has 1 saturated carbocycles. The summed E-state index contributed by atoms with van der Waals surface area (Å²) in [5.41, 5.74) is 0. The van der Waals surface area contributed by atoms with Gasteiger partial charge in [-0.2, -0.15) is 0 Å². The van der Waals surface area contributed by atoms with Crippen molar-refractivity contribution in [3.05, 3.63) is 0 Å². The fourth-order valence-corrected chi connectivity index (χ4v) is 3.56. The molecular formula is C17H34N2. The maximum atomic E-state index is 3.82. The lowest BCUT2D eigenvalue weighted by Gasteiger charge is -2.45. The molecule has 3 atom stereocenters. The van der Waals surface area contributed by atoms with Crippen LogP contribution in [0.5, 0.6) is 0 Å². The van der Waals surface area contributed by atoms with E-state index < -0.39 is 0 Å². The van der Waals surface area contributed by atoms with Gasteiger partial charge in [0.2, 0.25) is 0 Å². The second-order valence-corrected chi connectivity index (χ2v) is 7.43. The number of nitrogens with zero attached hydrogens (tertiary/aromatic N) is 1. The van der Waals surface area contributed by atoms with Crippen LogP contribution >= 0.6 is 0 Å².